The molecule has 5 heteroatoms. The van der Waals surface area contributed by atoms with Crippen LogP contribution in [0.5, 0.6) is 0 Å². The summed E-state index contributed by atoms with van der Waals surface area (Å²) in [7, 11) is 1.23. The number of hydrogen-bond donors (Lipinski definition) is 0. The molecule has 0 rings (SSSR count). The second kappa shape index (κ2) is 4.86. The third kappa shape index (κ3) is 3.32. The Hall–Kier alpha value is 0.0800. The number of methoxy groups -OCH3 is 1. The second-order valence-electron chi connectivity index (χ2n) is 1.75. The van der Waals surface area contributed by atoms with Gasteiger partial charge in [-0.05, 0) is 0 Å². The number of rotatable bonds is 3. The van der Waals surface area contributed by atoms with Gasteiger partial charge in [-0.25, -0.2) is 4.79 Å². The van der Waals surface area contributed by atoms with Crippen molar-refractivity contribution in [1.29, 1.82) is 0 Å². The van der Waals surface area contributed by atoms with Gasteiger partial charge in [-0.15, -0.1) is 34.8 Å². The van der Waals surface area contributed by atoms with Crippen LogP contribution in [0, 0.1) is 0 Å². The summed E-state index contributed by atoms with van der Waals surface area (Å²) in [5.74, 6) is -0.601. The maximum absolute atomic E-state index is 10.7. The van der Waals surface area contributed by atoms with Gasteiger partial charge < -0.3 is 4.74 Å². The molecule has 0 N–H and O–H groups in total. The maximum Gasteiger partial charge on any atom is 0.334 e. The molecule has 0 heterocycles. The van der Waals surface area contributed by atoms with E-state index in [4.69, 9.17) is 34.8 Å². The predicted molar refractivity (Wildman–Crippen MR) is 46.3 cm³/mol. The minimum absolute atomic E-state index is 0.0594. The summed E-state index contributed by atoms with van der Waals surface area (Å²) in [6.07, 6.45) is 0. The highest BCUT2D eigenvalue weighted by atomic mass is 35.5. The fourth-order valence-corrected chi connectivity index (χ4v) is 0.789. The fraction of sp³-hybridized carbons (Fsp3) is 0.500. The molecule has 0 fully saturated rings. The van der Waals surface area contributed by atoms with E-state index >= 15 is 0 Å². The van der Waals surface area contributed by atoms with Crippen molar-refractivity contribution >= 4 is 40.8 Å². The molecule has 1 atom stereocenters. The van der Waals surface area contributed by atoms with E-state index in [0.29, 0.717) is 0 Å². The number of halogens is 3. The van der Waals surface area contributed by atoms with Crippen LogP contribution in [0.15, 0.2) is 12.2 Å². The normalized spacial score (nSPS) is 12.8. The molecule has 0 aliphatic carbocycles. The Balaban J connectivity index is 4.14. The third-order valence-electron chi connectivity index (χ3n) is 1.00. The fourth-order valence-electron chi connectivity index (χ4n) is 0.396. The Labute approximate surface area is 80.1 Å². The molecule has 2 nitrogen and oxygen atoms in total. The summed E-state index contributed by atoms with van der Waals surface area (Å²) >= 11 is 16.4. The summed E-state index contributed by atoms with van der Waals surface area (Å²) in [5, 5.41) is -0.800. The van der Waals surface area contributed by atoms with Crippen molar-refractivity contribution < 1.29 is 9.53 Å². The quantitative estimate of drug-likeness (QED) is 0.411. The van der Waals surface area contributed by atoms with Crippen LogP contribution in [0.4, 0.5) is 0 Å². The lowest BCUT2D eigenvalue weighted by Gasteiger charge is -2.10. The molecule has 64 valence electrons. The first-order valence-electron chi connectivity index (χ1n) is 2.70. The van der Waals surface area contributed by atoms with Gasteiger partial charge in [-0.1, -0.05) is 6.58 Å². The van der Waals surface area contributed by atoms with E-state index in [0.717, 1.165) is 0 Å². The Morgan fingerprint density at radius 3 is 2.18 bits per heavy atom. The first-order valence-corrected chi connectivity index (χ1v) is 4.01. The molecule has 0 radical (unpaired) electrons. The molecule has 11 heavy (non-hydrogen) atoms. The standard InChI is InChI=1S/C6H7Cl3O2/c1-3(6(10)11-2)4(7)5(8)9/h4-5H,1H2,2H3. The Morgan fingerprint density at radius 1 is 1.45 bits per heavy atom. The smallest absolute Gasteiger partial charge is 0.334 e. The second-order valence-corrected chi connectivity index (χ2v) is 3.39. The number of carbonyl (C=O) groups excluding carboxylic acids is 1. The SMILES string of the molecule is C=C(C(=O)OC)C(Cl)C(Cl)Cl. The molecule has 1 unspecified atom stereocenters. The molecule has 0 saturated carbocycles. The molecule has 0 spiro atoms. The number of alkyl halides is 3. The Kier molecular flexibility index (Phi) is 4.89. The van der Waals surface area contributed by atoms with Gasteiger partial charge in [0.05, 0.1) is 18.1 Å². The zero-order valence-electron chi connectivity index (χ0n) is 5.81. The zero-order valence-corrected chi connectivity index (χ0v) is 8.08. The van der Waals surface area contributed by atoms with Crippen LogP contribution in [0.1, 0.15) is 0 Å². The lowest BCUT2D eigenvalue weighted by molar-refractivity contribution is -0.136. The average Bonchev–Trinajstić information content (AvgIpc) is 2.00. The molecular weight excluding hydrogens is 210 g/mol. The van der Waals surface area contributed by atoms with E-state index in [1.54, 1.807) is 0 Å². The van der Waals surface area contributed by atoms with Crippen molar-refractivity contribution in [3.8, 4) is 0 Å². The zero-order chi connectivity index (χ0) is 9.02. The number of esters is 1. The van der Waals surface area contributed by atoms with Gasteiger partial charge in [0.25, 0.3) is 0 Å². The van der Waals surface area contributed by atoms with Gasteiger partial charge in [0.2, 0.25) is 0 Å². The molecule has 0 saturated heterocycles. The summed E-state index contributed by atoms with van der Waals surface area (Å²) in [4.78, 5) is 9.88. The van der Waals surface area contributed by atoms with Crippen molar-refractivity contribution in [2.75, 3.05) is 7.11 Å². The van der Waals surface area contributed by atoms with Crippen molar-refractivity contribution in [2.24, 2.45) is 0 Å². The minimum atomic E-state index is -0.858. The highest BCUT2D eigenvalue weighted by molar-refractivity contribution is 6.49. The molecular formula is C6H7Cl3O2. The lowest BCUT2D eigenvalue weighted by Crippen LogP contribution is -2.19. The molecule has 0 aromatic heterocycles. The van der Waals surface area contributed by atoms with Crippen LogP contribution < -0.4 is 0 Å². The van der Waals surface area contributed by atoms with Crippen molar-refractivity contribution in [3.05, 3.63) is 12.2 Å². The van der Waals surface area contributed by atoms with Crippen molar-refractivity contribution in [1.82, 2.24) is 0 Å². The first kappa shape index (κ1) is 11.1. The van der Waals surface area contributed by atoms with Gasteiger partial charge in [0.15, 0.2) is 0 Å². The Morgan fingerprint density at radius 2 is 1.91 bits per heavy atom. The molecule has 0 bridgehead atoms. The van der Waals surface area contributed by atoms with E-state index in [9.17, 15) is 4.79 Å². The van der Waals surface area contributed by atoms with Gasteiger partial charge in [0, 0.05) is 0 Å². The van der Waals surface area contributed by atoms with E-state index in [-0.39, 0.29) is 5.57 Å². The Bertz CT molecular complexity index is 167. The predicted octanol–water partition coefficient (Wildman–Crippen LogP) is 2.13. The highest BCUT2D eigenvalue weighted by Gasteiger charge is 2.22. The molecule has 0 amide bonds. The van der Waals surface area contributed by atoms with E-state index < -0.39 is 16.2 Å². The lowest BCUT2D eigenvalue weighted by atomic mass is 10.2. The van der Waals surface area contributed by atoms with Crippen LogP contribution >= 0.6 is 34.8 Å². The molecule has 0 aromatic carbocycles. The highest BCUT2D eigenvalue weighted by Crippen LogP contribution is 2.21. The van der Waals surface area contributed by atoms with E-state index in [2.05, 4.69) is 11.3 Å². The summed E-state index contributed by atoms with van der Waals surface area (Å²) in [6.45, 7) is 3.37. The molecule has 0 aliphatic heterocycles. The number of ether oxygens (including phenoxy) is 1. The first-order chi connectivity index (χ1) is 5.00. The maximum atomic E-state index is 10.7. The summed E-state index contributed by atoms with van der Waals surface area (Å²) in [6, 6.07) is 0. The molecule has 0 aromatic rings. The largest absolute Gasteiger partial charge is 0.466 e. The van der Waals surface area contributed by atoms with E-state index in [1.807, 2.05) is 0 Å². The number of carbonyl (C=O) groups is 1. The van der Waals surface area contributed by atoms with Gasteiger partial charge >= 0.3 is 5.97 Å². The van der Waals surface area contributed by atoms with Gasteiger partial charge in [-0.3, -0.25) is 0 Å². The van der Waals surface area contributed by atoms with Crippen molar-refractivity contribution in [2.45, 2.75) is 10.2 Å². The van der Waals surface area contributed by atoms with Crippen LogP contribution in [0.25, 0.3) is 0 Å². The van der Waals surface area contributed by atoms with Gasteiger partial charge in [0.1, 0.15) is 4.84 Å². The number of hydrogen-bond acceptors (Lipinski definition) is 2. The minimum Gasteiger partial charge on any atom is -0.466 e. The van der Waals surface area contributed by atoms with Crippen LogP contribution in [-0.4, -0.2) is 23.3 Å². The third-order valence-corrected chi connectivity index (χ3v) is 2.28. The van der Waals surface area contributed by atoms with E-state index in [1.165, 1.54) is 7.11 Å². The molecule has 0 aliphatic rings. The summed E-state index contributed by atoms with van der Waals surface area (Å²) in [5.41, 5.74) is 0.0594. The van der Waals surface area contributed by atoms with Gasteiger partial charge in [-0.2, -0.15) is 0 Å². The monoisotopic (exact) mass is 216 g/mol. The average molecular weight is 217 g/mol. The van der Waals surface area contributed by atoms with Crippen molar-refractivity contribution in [3.63, 3.8) is 0 Å². The summed E-state index contributed by atoms with van der Waals surface area (Å²) < 4.78 is 4.34. The van der Waals surface area contributed by atoms with Crippen LogP contribution in [0.2, 0.25) is 0 Å². The topological polar surface area (TPSA) is 26.3 Å². The van der Waals surface area contributed by atoms with Crippen LogP contribution in [-0.2, 0) is 9.53 Å². The van der Waals surface area contributed by atoms with Crippen LogP contribution in [0.3, 0.4) is 0 Å².